The molecule has 7 heteroatoms. The lowest BCUT2D eigenvalue weighted by Crippen LogP contribution is -2.19. The second-order valence-corrected chi connectivity index (χ2v) is 5.85. The normalized spacial score (nSPS) is 19.7. The molecule has 1 aromatic heterocycles. The minimum Gasteiger partial charge on any atom is -0.493 e. The molecule has 2 atom stereocenters. The summed E-state index contributed by atoms with van der Waals surface area (Å²) in [6.07, 6.45) is -3.83. The third-order valence-corrected chi connectivity index (χ3v) is 4.56. The van der Waals surface area contributed by atoms with Crippen molar-refractivity contribution in [1.29, 1.82) is 0 Å². The molecule has 0 bridgehead atoms. The number of ether oxygens (including phenoxy) is 1. The molecule has 0 saturated heterocycles. The third kappa shape index (κ3) is 2.75. The predicted octanol–water partition coefficient (Wildman–Crippen LogP) is 3.76. The Morgan fingerprint density at radius 3 is 2.81 bits per heavy atom. The van der Waals surface area contributed by atoms with E-state index < -0.39 is 17.3 Å². The number of fused-ring (bicyclic) bond motifs is 1. The first-order valence-corrected chi connectivity index (χ1v) is 7.21. The number of aliphatic hydroxyl groups is 1. The Labute approximate surface area is 123 Å². The highest BCUT2D eigenvalue weighted by Crippen LogP contribution is 2.43. The van der Waals surface area contributed by atoms with E-state index in [4.69, 9.17) is 4.74 Å². The molecule has 1 aromatic carbocycles. The highest BCUT2D eigenvalue weighted by atomic mass is 32.1. The van der Waals surface area contributed by atoms with Crippen LogP contribution in [-0.2, 0) is 6.18 Å². The molecule has 112 valence electrons. The molecule has 0 amide bonds. The summed E-state index contributed by atoms with van der Waals surface area (Å²) in [6.45, 7) is 0.434. The topological polar surface area (TPSA) is 42.4 Å². The number of alkyl halides is 3. The standard InChI is InChI=1S/C14H12F3NO2S/c15-14(16,17)13-18-7-11(21-13)12(19)9-5-6-20-10-4-2-1-3-8(9)10/h1-4,7,9,12,19H,5-6H2. The second kappa shape index (κ2) is 5.31. The zero-order valence-electron chi connectivity index (χ0n) is 10.8. The van der Waals surface area contributed by atoms with Gasteiger partial charge in [0.15, 0.2) is 5.01 Å². The average molecular weight is 315 g/mol. The van der Waals surface area contributed by atoms with Crippen LogP contribution in [0.1, 0.15) is 33.9 Å². The van der Waals surface area contributed by atoms with Crippen molar-refractivity contribution >= 4 is 11.3 Å². The molecule has 2 heterocycles. The van der Waals surface area contributed by atoms with Crippen LogP contribution in [0.3, 0.4) is 0 Å². The maximum atomic E-state index is 12.6. The number of para-hydroxylation sites is 1. The molecule has 1 aliphatic rings. The summed E-state index contributed by atoms with van der Waals surface area (Å²) in [5.41, 5.74) is 0.818. The number of aliphatic hydroxyl groups excluding tert-OH is 1. The van der Waals surface area contributed by atoms with Crippen LogP contribution in [0.4, 0.5) is 13.2 Å². The Morgan fingerprint density at radius 2 is 2.10 bits per heavy atom. The van der Waals surface area contributed by atoms with Crippen molar-refractivity contribution in [2.45, 2.75) is 24.6 Å². The average Bonchev–Trinajstić information content (AvgIpc) is 2.96. The summed E-state index contributed by atoms with van der Waals surface area (Å²) >= 11 is 0.489. The number of hydrogen-bond donors (Lipinski definition) is 1. The van der Waals surface area contributed by atoms with E-state index >= 15 is 0 Å². The minimum atomic E-state index is -4.48. The Balaban J connectivity index is 1.89. The molecular weight excluding hydrogens is 303 g/mol. The van der Waals surface area contributed by atoms with E-state index in [1.54, 1.807) is 6.07 Å². The molecule has 1 aliphatic heterocycles. The van der Waals surface area contributed by atoms with Crippen LogP contribution in [0.25, 0.3) is 0 Å². The lowest BCUT2D eigenvalue weighted by atomic mass is 9.88. The van der Waals surface area contributed by atoms with Gasteiger partial charge >= 0.3 is 6.18 Å². The maximum absolute atomic E-state index is 12.6. The third-order valence-electron chi connectivity index (χ3n) is 3.44. The molecule has 21 heavy (non-hydrogen) atoms. The van der Waals surface area contributed by atoms with E-state index in [0.29, 0.717) is 30.1 Å². The highest BCUT2D eigenvalue weighted by Gasteiger charge is 2.37. The van der Waals surface area contributed by atoms with Gasteiger partial charge in [-0.25, -0.2) is 4.98 Å². The summed E-state index contributed by atoms with van der Waals surface area (Å²) in [6, 6.07) is 7.26. The Bertz CT molecular complexity index is 641. The molecule has 0 fully saturated rings. The SMILES string of the molecule is OC(c1cnc(C(F)(F)F)s1)C1CCOc2ccccc21. The number of halogens is 3. The molecule has 3 nitrogen and oxygen atoms in total. The summed E-state index contributed by atoms with van der Waals surface area (Å²) in [5.74, 6) is 0.393. The second-order valence-electron chi connectivity index (χ2n) is 4.79. The molecule has 0 radical (unpaired) electrons. The van der Waals surface area contributed by atoms with Gasteiger partial charge in [0, 0.05) is 17.7 Å². The summed E-state index contributed by atoms with van der Waals surface area (Å²) in [7, 11) is 0. The van der Waals surface area contributed by atoms with E-state index in [2.05, 4.69) is 4.98 Å². The van der Waals surface area contributed by atoms with Gasteiger partial charge in [-0.2, -0.15) is 13.2 Å². The zero-order valence-corrected chi connectivity index (χ0v) is 11.6. The Hall–Kier alpha value is -1.60. The monoisotopic (exact) mass is 315 g/mol. The molecule has 0 aliphatic carbocycles. The molecule has 2 aromatic rings. The molecular formula is C14H12F3NO2S. The van der Waals surface area contributed by atoms with Gasteiger partial charge in [0.25, 0.3) is 0 Å². The molecule has 0 spiro atoms. The van der Waals surface area contributed by atoms with Crippen molar-refractivity contribution in [2.75, 3.05) is 6.61 Å². The summed E-state index contributed by atoms with van der Waals surface area (Å²) < 4.78 is 43.3. The smallest absolute Gasteiger partial charge is 0.443 e. The maximum Gasteiger partial charge on any atom is 0.443 e. The van der Waals surface area contributed by atoms with E-state index in [1.807, 2.05) is 18.2 Å². The van der Waals surface area contributed by atoms with Crippen molar-refractivity contribution < 1.29 is 23.0 Å². The number of rotatable bonds is 2. The number of benzene rings is 1. The van der Waals surface area contributed by atoms with Crippen LogP contribution in [0, 0.1) is 0 Å². The van der Waals surface area contributed by atoms with Crippen LogP contribution in [-0.4, -0.2) is 16.7 Å². The van der Waals surface area contributed by atoms with Crippen molar-refractivity contribution in [3.8, 4) is 5.75 Å². The quantitative estimate of drug-likeness (QED) is 0.917. The van der Waals surface area contributed by atoms with Crippen LogP contribution in [0.5, 0.6) is 5.75 Å². The fourth-order valence-electron chi connectivity index (χ4n) is 2.45. The van der Waals surface area contributed by atoms with Gasteiger partial charge in [-0.1, -0.05) is 18.2 Å². The van der Waals surface area contributed by atoms with Crippen LogP contribution in [0.15, 0.2) is 30.5 Å². The number of aromatic nitrogens is 1. The number of nitrogens with zero attached hydrogens (tertiary/aromatic N) is 1. The van der Waals surface area contributed by atoms with Crippen LogP contribution in [0.2, 0.25) is 0 Å². The Kier molecular flexibility index (Phi) is 3.62. The van der Waals surface area contributed by atoms with Gasteiger partial charge in [-0.05, 0) is 12.5 Å². The number of thiazole rings is 1. The largest absolute Gasteiger partial charge is 0.493 e. The van der Waals surface area contributed by atoms with Crippen molar-refractivity contribution in [3.05, 3.63) is 45.9 Å². The van der Waals surface area contributed by atoms with Gasteiger partial charge < -0.3 is 9.84 Å². The van der Waals surface area contributed by atoms with Gasteiger partial charge in [0.05, 0.1) is 17.6 Å². The molecule has 3 rings (SSSR count). The fraction of sp³-hybridized carbons (Fsp3) is 0.357. The van der Waals surface area contributed by atoms with E-state index in [-0.39, 0.29) is 10.8 Å². The van der Waals surface area contributed by atoms with Crippen molar-refractivity contribution in [1.82, 2.24) is 4.98 Å². The van der Waals surface area contributed by atoms with Crippen LogP contribution >= 0.6 is 11.3 Å². The zero-order chi connectivity index (χ0) is 15.0. The molecule has 0 saturated carbocycles. The summed E-state index contributed by atoms with van der Waals surface area (Å²) in [4.78, 5) is 3.59. The van der Waals surface area contributed by atoms with Gasteiger partial charge in [-0.3, -0.25) is 0 Å². The van der Waals surface area contributed by atoms with Crippen molar-refractivity contribution in [3.63, 3.8) is 0 Å². The Morgan fingerprint density at radius 1 is 1.33 bits per heavy atom. The fourth-order valence-corrected chi connectivity index (χ4v) is 3.29. The van der Waals surface area contributed by atoms with E-state index in [9.17, 15) is 18.3 Å². The highest BCUT2D eigenvalue weighted by molar-refractivity contribution is 7.11. The minimum absolute atomic E-state index is 0.226. The number of hydrogen-bond acceptors (Lipinski definition) is 4. The van der Waals surface area contributed by atoms with Crippen molar-refractivity contribution in [2.24, 2.45) is 0 Å². The first-order chi connectivity index (χ1) is 9.97. The van der Waals surface area contributed by atoms with E-state index in [1.165, 1.54) is 0 Å². The first-order valence-electron chi connectivity index (χ1n) is 6.39. The first kappa shape index (κ1) is 14.3. The molecule has 2 unspecified atom stereocenters. The van der Waals surface area contributed by atoms with Gasteiger partial charge in [0.1, 0.15) is 5.75 Å². The lowest BCUT2D eigenvalue weighted by Gasteiger charge is -2.28. The summed E-state index contributed by atoms with van der Waals surface area (Å²) in [5, 5.41) is 9.49. The van der Waals surface area contributed by atoms with Gasteiger partial charge in [-0.15, -0.1) is 11.3 Å². The lowest BCUT2D eigenvalue weighted by molar-refractivity contribution is -0.137. The predicted molar refractivity (Wildman–Crippen MR) is 71.4 cm³/mol. The van der Waals surface area contributed by atoms with Gasteiger partial charge in [0.2, 0.25) is 0 Å². The van der Waals surface area contributed by atoms with Crippen LogP contribution < -0.4 is 4.74 Å². The molecule has 1 N–H and O–H groups in total. The van der Waals surface area contributed by atoms with E-state index in [0.717, 1.165) is 11.8 Å².